The van der Waals surface area contributed by atoms with Crippen molar-refractivity contribution in [2.45, 2.75) is 33.9 Å². The van der Waals surface area contributed by atoms with E-state index in [0.29, 0.717) is 6.54 Å². The van der Waals surface area contributed by atoms with Crippen molar-refractivity contribution in [3.63, 3.8) is 0 Å². The minimum absolute atomic E-state index is 0.704. The zero-order chi connectivity index (χ0) is 15.0. The zero-order valence-electron chi connectivity index (χ0n) is 13.0. The highest BCUT2D eigenvalue weighted by atomic mass is 15.3. The molecule has 2 aromatic heterocycles. The fraction of sp³-hybridized carbons (Fsp3) is 0.375. The van der Waals surface area contributed by atoms with E-state index < -0.39 is 0 Å². The van der Waals surface area contributed by atoms with Crippen LogP contribution in [0, 0.1) is 13.8 Å². The van der Waals surface area contributed by atoms with Gasteiger partial charge in [0.2, 0.25) is 0 Å². The molecule has 21 heavy (non-hydrogen) atoms. The molecule has 0 saturated heterocycles. The van der Waals surface area contributed by atoms with Crippen molar-refractivity contribution in [1.82, 2.24) is 19.3 Å². The maximum absolute atomic E-state index is 4.74. The van der Waals surface area contributed by atoms with Gasteiger partial charge in [-0.25, -0.2) is 4.98 Å². The van der Waals surface area contributed by atoms with Crippen LogP contribution < -0.4 is 5.32 Å². The van der Waals surface area contributed by atoms with E-state index in [2.05, 4.69) is 47.0 Å². The van der Waals surface area contributed by atoms with Crippen LogP contribution in [0.1, 0.15) is 24.1 Å². The van der Waals surface area contributed by atoms with E-state index in [0.717, 1.165) is 35.0 Å². The van der Waals surface area contributed by atoms with Gasteiger partial charge in [0, 0.05) is 13.6 Å². The van der Waals surface area contributed by atoms with Crippen LogP contribution in [0.4, 0.5) is 5.69 Å². The highest BCUT2D eigenvalue weighted by Gasteiger charge is 2.12. The van der Waals surface area contributed by atoms with Gasteiger partial charge in [-0.15, -0.1) is 0 Å². The van der Waals surface area contributed by atoms with Crippen LogP contribution in [0.5, 0.6) is 0 Å². The lowest BCUT2D eigenvalue weighted by atomic mass is 10.3. The summed E-state index contributed by atoms with van der Waals surface area (Å²) >= 11 is 0. The number of aromatic nitrogens is 4. The molecule has 0 aliphatic rings. The SMILES string of the molecule is CCn1c(CNc2c(C)nn(C)c2C)nc2ccccc21. The number of rotatable bonds is 4. The number of fused-ring (bicyclic) bond motifs is 1. The molecule has 0 atom stereocenters. The van der Waals surface area contributed by atoms with E-state index in [1.807, 2.05) is 24.7 Å². The van der Waals surface area contributed by atoms with Crippen LogP contribution >= 0.6 is 0 Å². The van der Waals surface area contributed by atoms with E-state index in [9.17, 15) is 0 Å². The second kappa shape index (κ2) is 5.24. The Hall–Kier alpha value is -2.30. The Morgan fingerprint density at radius 1 is 1.19 bits per heavy atom. The zero-order valence-corrected chi connectivity index (χ0v) is 13.0. The molecule has 5 nitrogen and oxygen atoms in total. The Kier molecular flexibility index (Phi) is 3.41. The fourth-order valence-corrected chi connectivity index (χ4v) is 2.81. The molecule has 0 spiro atoms. The monoisotopic (exact) mass is 283 g/mol. The van der Waals surface area contributed by atoms with Crippen LogP contribution in [-0.2, 0) is 20.1 Å². The molecule has 0 aliphatic heterocycles. The van der Waals surface area contributed by atoms with Crippen molar-refractivity contribution in [2.75, 3.05) is 5.32 Å². The first kappa shape index (κ1) is 13.7. The summed E-state index contributed by atoms with van der Waals surface area (Å²) in [5.74, 6) is 1.06. The van der Waals surface area contributed by atoms with Crippen molar-refractivity contribution < 1.29 is 0 Å². The van der Waals surface area contributed by atoms with Gasteiger partial charge in [-0.1, -0.05) is 12.1 Å². The van der Waals surface area contributed by atoms with E-state index in [1.165, 1.54) is 5.52 Å². The van der Waals surface area contributed by atoms with E-state index >= 15 is 0 Å². The third-order valence-electron chi connectivity index (χ3n) is 3.98. The molecular formula is C16H21N5. The van der Waals surface area contributed by atoms with Gasteiger partial charge >= 0.3 is 0 Å². The van der Waals surface area contributed by atoms with Gasteiger partial charge in [0.15, 0.2) is 0 Å². The molecule has 0 saturated carbocycles. The lowest BCUT2D eigenvalue weighted by molar-refractivity contribution is 0.726. The Morgan fingerprint density at radius 2 is 1.95 bits per heavy atom. The number of para-hydroxylation sites is 2. The smallest absolute Gasteiger partial charge is 0.129 e. The first-order chi connectivity index (χ1) is 10.1. The van der Waals surface area contributed by atoms with E-state index in [4.69, 9.17) is 4.98 Å². The number of nitrogens with one attached hydrogen (secondary N) is 1. The summed E-state index contributed by atoms with van der Waals surface area (Å²) in [6.07, 6.45) is 0. The molecule has 3 aromatic rings. The second-order valence-corrected chi connectivity index (χ2v) is 5.28. The topological polar surface area (TPSA) is 47.7 Å². The van der Waals surface area contributed by atoms with Gasteiger partial charge in [0.25, 0.3) is 0 Å². The van der Waals surface area contributed by atoms with Gasteiger partial charge in [-0.2, -0.15) is 5.10 Å². The van der Waals surface area contributed by atoms with Crippen molar-refractivity contribution in [3.05, 3.63) is 41.5 Å². The molecule has 0 amide bonds. The molecule has 0 aliphatic carbocycles. The largest absolute Gasteiger partial charge is 0.375 e. The number of aryl methyl sites for hydroxylation is 3. The molecule has 0 bridgehead atoms. The van der Waals surface area contributed by atoms with Crippen molar-refractivity contribution >= 4 is 16.7 Å². The Morgan fingerprint density at radius 3 is 2.62 bits per heavy atom. The van der Waals surface area contributed by atoms with Crippen LogP contribution in [0.15, 0.2) is 24.3 Å². The standard InChI is InChI=1S/C16H21N5/c1-5-21-14-9-7-6-8-13(14)18-15(21)10-17-16-11(2)19-20(4)12(16)3/h6-9,17H,5,10H2,1-4H3. The predicted molar refractivity (Wildman–Crippen MR) is 85.4 cm³/mol. The first-order valence-electron chi connectivity index (χ1n) is 7.30. The number of hydrogen-bond donors (Lipinski definition) is 1. The molecule has 0 fully saturated rings. The lowest BCUT2D eigenvalue weighted by Crippen LogP contribution is -2.09. The summed E-state index contributed by atoms with van der Waals surface area (Å²) in [5, 5.41) is 7.92. The van der Waals surface area contributed by atoms with Crippen LogP contribution in [0.2, 0.25) is 0 Å². The predicted octanol–water partition coefficient (Wildman–Crippen LogP) is 3.02. The molecule has 1 aromatic carbocycles. The second-order valence-electron chi connectivity index (χ2n) is 5.28. The van der Waals surface area contributed by atoms with Gasteiger partial charge in [-0.3, -0.25) is 4.68 Å². The van der Waals surface area contributed by atoms with E-state index in [-0.39, 0.29) is 0 Å². The summed E-state index contributed by atoms with van der Waals surface area (Å²) in [5.41, 5.74) is 5.51. The lowest BCUT2D eigenvalue weighted by Gasteiger charge is -2.09. The molecule has 110 valence electrons. The number of anilines is 1. The van der Waals surface area contributed by atoms with E-state index in [1.54, 1.807) is 0 Å². The Balaban J connectivity index is 1.91. The molecule has 0 unspecified atom stereocenters. The number of imidazole rings is 1. The summed E-state index contributed by atoms with van der Waals surface area (Å²) in [6, 6.07) is 8.27. The van der Waals surface area contributed by atoms with Crippen LogP contribution in [0.3, 0.4) is 0 Å². The fourth-order valence-electron chi connectivity index (χ4n) is 2.81. The molecule has 2 heterocycles. The summed E-state index contributed by atoms with van der Waals surface area (Å²) in [4.78, 5) is 4.74. The highest BCUT2D eigenvalue weighted by Crippen LogP contribution is 2.21. The van der Waals surface area contributed by atoms with Crippen LogP contribution in [-0.4, -0.2) is 19.3 Å². The van der Waals surface area contributed by atoms with Crippen molar-refractivity contribution in [3.8, 4) is 0 Å². The van der Waals surface area contributed by atoms with Gasteiger partial charge in [-0.05, 0) is 32.9 Å². The summed E-state index contributed by atoms with van der Waals surface area (Å²) < 4.78 is 4.16. The minimum atomic E-state index is 0.704. The number of hydrogen-bond acceptors (Lipinski definition) is 3. The van der Waals surface area contributed by atoms with Crippen molar-refractivity contribution in [1.29, 1.82) is 0 Å². The molecule has 3 rings (SSSR count). The third-order valence-corrected chi connectivity index (χ3v) is 3.98. The Labute approximate surface area is 124 Å². The highest BCUT2D eigenvalue weighted by molar-refractivity contribution is 5.76. The summed E-state index contributed by atoms with van der Waals surface area (Å²) in [7, 11) is 1.97. The van der Waals surface area contributed by atoms with Gasteiger partial charge in [0.1, 0.15) is 5.82 Å². The Bertz CT molecular complexity index is 781. The number of benzene rings is 1. The number of nitrogens with zero attached hydrogens (tertiary/aromatic N) is 4. The average Bonchev–Trinajstić information content (AvgIpc) is 2.95. The quantitative estimate of drug-likeness (QED) is 0.800. The minimum Gasteiger partial charge on any atom is -0.375 e. The maximum Gasteiger partial charge on any atom is 0.129 e. The normalized spacial score (nSPS) is 11.2. The molecule has 0 radical (unpaired) electrons. The van der Waals surface area contributed by atoms with Crippen LogP contribution in [0.25, 0.3) is 11.0 Å². The maximum atomic E-state index is 4.74. The molecular weight excluding hydrogens is 262 g/mol. The molecule has 1 N–H and O–H groups in total. The molecule has 5 heteroatoms. The third kappa shape index (κ3) is 2.28. The van der Waals surface area contributed by atoms with Crippen molar-refractivity contribution in [2.24, 2.45) is 7.05 Å². The van der Waals surface area contributed by atoms with Gasteiger partial charge < -0.3 is 9.88 Å². The average molecular weight is 283 g/mol. The first-order valence-corrected chi connectivity index (χ1v) is 7.30. The van der Waals surface area contributed by atoms with Gasteiger partial charge in [0.05, 0.1) is 34.7 Å². The summed E-state index contributed by atoms with van der Waals surface area (Å²) in [6.45, 7) is 7.87.